The Morgan fingerprint density at radius 1 is 1.50 bits per heavy atom. The Bertz CT molecular complexity index is 73.1. The van der Waals surface area contributed by atoms with Gasteiger partial charge in [0.05, 0.1) is 5.75 Å². The van der Waals surface area contributed by atoms with E-state index in [1.807, 2.05) is 10.8 Å². The Kier molecular flexibility index (Phi) is 7.50. The smallest absolute Gasteiger partial charge is 0.0648 e. The molecule has 0 atom stereocenters. The first-order valence-corrected chi connectivity index (χ1v) is 5.08. The highest BCUT2D eigenvalue weighted by molar-refractivity contribution is 8.76. The lowest BCUT2D eigenvalue weighted by Crippen LogP contribution is -1.68. The first kappa shape index (κ1) is 8.26. The van der Waals surface area contributed by atoms with Crippen molar-refractivity contribution in [1.29, 1.82) is 0 Å². The van der Waals surface area contributed by atoms with Crippen LogP contribution in [0.1, 0.15) is 13.3 Å². The fourth-order valence-electron chi connectivity index (χ4n) is 0.218. The van der Waals surface area contributed by atoms with Crippen LogP contribution in [0.3, 0.4) is 0 Å². The van der Waals surface area contributed by atoms with Gasteiger partial charge in [0.1, 0.15) is 0 Å². The molecule has 0 aromatic heterocycles. The first-order chi connectivity index (χ1) is 3.91. The minimum absolute atomic E-state index is 0.838. The van der Waals surface area contributed by atoms with E-state index in [0.717, 1.165) is 5.75 Å². The molecule has 46 valence electrons. The van der Waals surface area contributed by atoms with Crippen molar-refractivity contribution in [3.05, 3.63) is 0 Å². The maximum atomic E-state index is 5.03. The molecule has 0 saturated heterocycles. The van der Waals surface area contributed by atoms with E-state index in [1.54, 1.807) is 10.8 Å². The highest BCUT2D eigenvalue weighted by atomic mass is 33.1. The molecule has 0 amide bonds. The average Bonchev–Trinajstić information content (AvgIpc) is 1.81. The van der Waals surface area contributed by atoms with Gasteiger partial charge in [-0.3, -0.25) is 0 Å². The molecule has 0 aliphatic rings. The van der Waals surface area contributed by atoms with Gasteiger partial charge in [-0.1, -0.05) is 34.4 Å². The van der Waals surface area contributed by atoms with Gasteiger partial charge >= 0.3 is 0 Å². The van der Waals surface area contributed by atoms with Crippen molar-refractivity contribution >= 4 is 21.6 Å². The van der Waals surface area contributed by atoms with Gasteiger partial charge in [0, 0.05) is 5.75 Å². The molecule has 0 unspecified atom stereocenters. The molecule has 0 spiro atoms. The summed E-state index contributed by atoms with van der Waals surface area (Å²) in [5.74, 6) is 4.62. The Morgan fingerprint density at radius 3 is 2.75 bits per heavy atom. The molecular weight excluding hydrogens is 136 g/mol. The van der Waals surface area contributed by atoms with Crippen molar-refractivity contribution in [3.8, 4) is 12.3 Å². The van der Waals surface area contributed by atoms with E-state index < -0.39 is 0 Å². The summed E-state index contributed by atoms with van der Waals surface area (Å²) in [6, 6.07) is 0. The molecule has 0 bridgehead atoms. The molecule has 0 saturated carbocycles. The van der Waals surface area contributed by atoms with Gasteiger partial charge in [0.15, 0.2) is 0 Å². The van der Waals surface area contributed by atoms with E-state index in [0.29, 0.717) is 0 Å². The predicted octanol–water partition coefficient (Wildman–Crippen LogP) is 2.41. The third kappa shape index (κ3) is 6.26. The zero-order valence-corrected chi connectivity index (χ0v) is 6.65. The Balaban J connectivity index is 2.65. The van der Waals surface area contributed by atoms with Crippen molar-refractivity contribution in [2.75, 3.05) is 11.5 Å². The maximum Gasteiger partial charge on any atom is 0.0648 e. The third-order valence-corrected chi connectivity index (χ3v) is 2.89. The van der Waals surface area contributed by atoms with Gasteiger partial charge in [-0.25, -0.2) is 0 Å². The SMILES string of the molecule is C#CCSSCCC. The second-order valence-corrected chi connectivity index (χ2v) is 3.87. The minimum Gasteiger partial charge on any atom is -0.119 e. The number of hydrogen-bond donors (Lipinski definition) is 0. The molecule has 0 N–H and O–H groups in total. The number of hydrogen-bond acceptors (Lipinski definition) is 2. The zero-order valence-electron chi connectivity index (χ0n) is 5.02. The second kappa shape index (κ2) is 7.26. The maximum absolute atomic E-state index is 5.03. The molecule has 0 rings (SSSR count). The minimum atomic E-state index is 0.838. The summed E-state index contributed by atoms with van der Waals surface area (Å²) in [7, 11) is 3.61. The number of rotatable bonds is 4. The normalized spacial score (nSPS) is 8.50. The fourth-order valence-corrected chi connectivity index (χ4v) is 1.96. The van der Waals surface area contributed by atoms with Gasteiger partial charge in [-0.2, -0.15) is 0 Å². The largest absolute Gasteiger partial charge is 0.119 e. The fraction of sp³-hybridized carbons (Fsp3) is 0.667. The third-order valence-electron chi connectivity index (χ3n) is 0.513. The van der Waals surface area contributed by atoms with Gasteiger partial charge in [0.25, 0.3) is 0 Å². The second-order valence-electron chi connectivity index (χ2n) is 1.29. The van der Waals surface area contributed by atoms with Crippen LogP contribution in [-0.2, 0) is 0 Å². The summed E-state index contributed by atoms with van der Waals surface area (Å²) < 4.78 is 0. The zero-order chi connectivity index (χ0) is 6.24. The van der Waals surface area contributed by atoms with Crippen LogP contribution >= 0.6 is 21.6 Å². The summed E-state index contributed by atoms with van der Waals surface area (Å²) in [4.78, 5) is 0. The average molecular weight is 146 g/mol. The van der Waals surface area contributed by atoms with Gasteiger partial charge < -0.3 is 0 Å². The summed E-state index contributed by atoms with van der Waals surface area (Å²) in [5, 5.41) is 0. The molecule has 0 nitrogen and oxygen atoms in total. The van der Waals surface area contributed by atoms with Crippen LogP contribution in [0.25, 0.3) is 0 Å². The van der Waals surface area contributed by atoms with Crippen LogP contribution in [0.15, 0.2) is 0 Å². The molecule has 0 aliphatic heterocycles. The van der Waals surface area contributed by atoms with Gasteiger partial charge in [0.2, 0.25) is 0 Å². The topological polar surface area (TPSA) is 0 Å². The molecule has 2 heteroatoms. The van der Waals surface area contributed by atoms with Crippen molar-refractivity contribution < 1.29 is 0 Å². The molecule has 0 heterocycles. The predicted molar refractivity (Wildman–Crippen MR) is 44.0 cm³/mol. The van der Waals surface area contributed by atoms with Gasteiger partial charge in [-0.05, 0) is 6.42 Å². The summed E-state index contributed by atoms with van der Waals surface area (Å²) in [5.41, 5.74) is 0. The Labute approximate surface area is 59.2 Å². The Hall–Kier alpha value is 0.260. The van der Waals surface area contributed by atoms with Crippen molar-refractivity contribution in [3.63, 3.8) is 0 Å². The van der Waals surface area contributed by atoms with E-state index in [-0.39, 0.29) is 0 Å². The van der Waals surface area contributed by atoms with Crippen LogP contribution < -0.4 is 0 Å². The van der Waals surface area contributed by atoms with E-state index >= 15 is 0 Å². The molecule has 0 fully saturated rings. The van der Waals surface area contributed by atoms with E-state index in [2.05, 4.69) is 12.8 Å². The molecule has 0 aromatic carbocycles. The van der Waals surface area contributed by atoms with E-state index in [9.17, 15) is 0 Å². The molecule has 8 heavy (non-hydrogen) atoms. The molecule has 0 aliphatic carbocycles. The lowest BCUT2D eigenvalue weighted by Gasteiger charge is -1.90. The van der Waals surface area contributed by atoms with Crippen LogP contribution in [0.5, 0.6) is 0 Å². The van der Waals surface area contributed by atoms with E-state index in [1.165, 1.54) is 12.2 Å². The van der Waals surface area contributed by atoms with Crippen molar-refractivity contribution in [2.24, 2.45) is 0 Å². The quantitative estimate of drug-likeness (QED) is 0.339. The monoisotopic (exact) mass is 146 g/mol. The van der Waals surface area contributed by atoms with Gasteiger partial charge in [-0.15, -0.1) is 6.42 Å². The number of terminal acetylenes is 1. The highest BCUT2D eigenvalue weighted by Crippen LogP contribution is 2.20. The van der Waals surface area contributed by atoms with Crippen LogP contribution in [0, 0.1) is 12.3 Å². The van der Waals surface area contributed by atoms with Crippen LogP contribution in [-0.4, -0.2) is 11.5 Å². The molecular formula is C6H10S2. The van der Waals surface area contributed by atoms with Crippen molar-refractivity contribution in [2.45, 2.75) is 13.3 Å². The highest BCUT2D eigenvalue weighted by Gasteiger charge is 1.82. The van der Waals surface area contributed by atoms with Crippen LogP contribution in [0.4, 0.5) is 0 Å². The Morgan fingerprint density at radius 2 is 2.25 bits per heavy atom. The van der Waals surface area contributed by atoms with Crippen molar-refractivity contribution in [1.82, 2.24) is 0 Å². The summed E-state index contributed by atoms with van der Waals surface area (Å²) in [6.07, 6.45) is 6.26. The lowest BCUT2D eigenvalue weighted by molar-refractivity contribution is 1.11. The van der Waals surface area contributed by atoms with E-state index in [4.69, 9.17) is 6.42 Å². The van der Waals surface area contributed by atoms with Crippen LogP contribution in [0.2, 0.25) is 0 Å². The standard InChI is InChI=1S/C6H10S2/c1-3-5-7-8-6-4-2/h1H,4-6H2,2H3. The summed E-state index contributed by atoms with van der Waals surface area (Å²) >= 11 is 0. The lowest BCUT2D eigenvalue weighted by atomic mass is 10.6. The molecule has 0 radical (unpaired) electrons. The first-order valence-electron chi connectivity index (χ1n) is 2.59. The summed E-state index contributed by atoms with van der Waals surface area (Å²) in [6.45, 7) is 2.17. The molecule has 0 aromatic rings.